The molecule has 0 amide bonds. The molecule has 1 aromatic heterocycles. The highest BCUT2D eigenvalue weighted by Gasteiger charge is 2.11. The van der Waals surface area contributed by atoms with Crippen molar-refractivity contribution in [2.24, 2.45) is 0 Å². The highest BCUT2D eigenvalue weighted by atomic mass is 19.1. The standard InChI is InChI=1S/C14H13FN2O2/c1-9-13(6-7-14(18)19)10(2)17(16-9)12-5-3-4-11(15)8-12/h3-8H,1-2H3,(H,18,19)/b7-6+. The van der Waals surface area contributed by atoms with Crippen molar-refractivity contribution in [2.45, 2.75) is 13.8 Å². The highest BCUT2D eigenvalue weighted by molar-refractivity contribution is 5.85. The number of halogens is 1. The molecular weight excluding hydrogens is 247 g/mol. The number of aryl methyl sites for hydroxylation is 1. The number of nitrogens with zero attached hydrogens (tertiary/aromatic N) is 2. The van der Waals surface area contributed by atoms with E-state index in [4.69, 9.17) is 5.11 Å². The molecule has 2 rings (SSSR count). The van der Waals surface area contributed by atoms with E-state index in [0.29, 0.717) is 11.4 Å². The van der Waals surface area contributed by atoms with Gasteiger partial charge in [-0.1, -0.05) is 6.07 Å². The third-order valence-electron chi connectivity index (χ3n) is 2.79. The zero-order valence-corrected chi connectivity index (χ0v) is 10.6. The van der Waals surface area contributed by atoms with Gasteiger partial charge in [0, 0.05) is 17.3 Å². The Kier molecular flexibility index (Phi) is 3.46. The Bertz CT molecular complexity index is 659. The fraction of sp³-hybridized carbons (Fsp3) is 0.143. The van der Waals surface area contributed by atoms with Gasteiger partial charge in [0.2, 0.25) is 0 Å². The molecule has 4 nitrogen and oxygen atoms in total. The Balaban J connectivity index is 2.50. The summed E-state index contributed by atoms with van der Waals surface area (Å²) in [7, 11) is 0. The van der Waals surface area contributed by atoms with Gasteiger partial charge < -0.3 is 5.11 Å². The van der Waals surface area contributed by atoms with Gasteiger partial charge in [-0.15, -0.1) is 0 Å². The average Bonchev–Trinajstić information content (AvgIpc) is 2.62. The van der Waals surface area contributed by atoms with E-state index in [1.807, 2.05) is 6.92 Å². The quantitative estimate of drug-likeness (QED) is 0.863. The van der Waals surface area contributed by atoms with E-state index in [2.05, 4.69) is 5.10 Å². The maximum absolute atomic E-state index is 13.2. The molecule has 0 unspecified atom stereocenters. The van der Waals surface area contributed by atoms with Gasteiger partial charge >= 0.3 is 5.97 Å². The summed E-state index contributed by atoms with van der Waals surface area (Å²) in [5.41, 5.74) is 2.79. The van der Waals surface area contributed by atoms with E-state index in [1.54, 1.807) is 23.7 Å². The van der Waals surface area contributed by atoms with Crippen LogP contribution in [0, 0.1) is 19.7 Å². The number of carboxylic acids is 1. The lowest BCUT2D eigenvalue weighted by Crippen LogP contribution is -1.99. The van der Waals surface area contributed by atoms with E-state index in [9.17, 15) is 9.18 Å². The Hall–Kier alpha value is -2.43. The van der Waals surface area contributed by atoms with Crippen LogP contribution in [0.1, 0.15) is 17.0 Å². The van der Waals surface area contributed by atoms with Crippen LogP contribution in [0.5, 0.6) is 0 Å². The Morgan fingerprint density at radius 2 is 2.16 bits per heavy atom. The topological polar surface area (TPSA) is 55.1 Å². The minimum Gasteiger partial charge on any atom is -0.478 e. The molecule has 1 aromatic carbocycles. The SMILES string of the molecule is Cc1nn(-c2cccc(F)c2)c(C)c1/C=C/C(=O)O. The molecule has 1 N–H and O–H groups in total. The molecule has 0 aliphatic rings. The Labute approximate surface area is 109 Å². The molecule has 98 valence electrons. The zero-order chi connectivity index (χ0) is 14.0. The number of carbonyl (C=O) groups is 1. The first-order valence-electron chi connectivity index (χ1n) is 5.72. The second-order valence-electron chi connectivity index (χ2n) is 4.15. The first-order valence-corrected chi connectivity index (χ1v) is 5.72. The van der Waals surface area contributed by atoms with Gasteiger partial charge in [0.05, 0.1) is 11.4 Å². The number of carboxylic acid groups (broad SMARTS) is 1. The van der Waals surface area contributed by atoms with Crippen LogP contribution in [0.4, 0.5) is 4.39 Å². The summed E-state index contributed by atoms with van der Waals surface area (Å²) in [6.07, 6.45) is 2.56. The summed E-state index contributed by atoms with van der Waals surface area (Å²) < 4.78 is 14.8. The maximum Gasteiger partial charge on any atom is 0.328 e. The van der Waals surface area contributed by atoms with Gasteiger partial charge in [-0.25, -0.2) is 13.9 Å². The minimum atomic E-state index is -1.02. The van der Waals surface area contributed by atoms with E-state index >= 15 is 0 Å². The second-order valence-corrected chi connectivity index (χ2v) is 4.15. The summed E-state index contributed by atoms with van der Waals surface area (Å²) in [4.78, 5) is 10.6. The molecule has 1 heterocycles. The molecule has 19 heavy (non-hydrogen) atoms. The predicted octanol–water partition coefficient (Wildman–Crippen LogP) is 2.73. The molecular formula is C14H13FN2O2. The van der Waals surface area contributed by atoms with Crippen molar-refractivity contribution in [3.8, 4) is 5.69 Å². The summed E-state index contributed by atoms with van der Waals surface area (Å²) in [6.45, 7) is 3.59. The lowest BCUT2D eigenvalue weighted by atomic mass is 10.2. The van der Waals surface area contributed by atoms with Crippen molar-refractivity contribution in [3.63, 3.8) is 0 Å². The third-order valence-corrected chi connectivity index (χ3v) is 2.79. The monoisotopic (exact) mass is 260 g/mol. The van der Waals surface area contributed by atoms with Crippen LogP contribution in [0.2, 0.25) is 0 Å². The highest BCUT2D eigenvalue weighted by Crippen LogP contribution is 2.19. The van der Waals surface area contributed by atoms with Crippen molar-refractivity contribution in [1.29, 1.82) is 0 Å². The molecule has 0 saturated heterocycles. The van der Waals surface area contributed by atoms with Gasteiger partial charge in [-0.05, 0) is 38.1 Å². The first kappa shape index (κ1) is 13.0. The van der Waals surface area contributed by atoms with Crippen LogP contribution >= 0.6 is 0 Å². The van der Waals surface area contributed by atoms with Crippen molar-refractivity contribution in [3.05, 3.63) is 53.1 Å². The first-order chi connectivity index (χ1) is 8.99. The van der Waals surface area contributed by atoms with Crippen molar-refractivity contribution < 1.29 is 14.3 Å². The lowest BCUT2D eigenvalue weighted by molar-refractivity contribution is -0.131. The van der Waals surface area contributed by atoms with Gasteiger partial charge in [-0.2, -0.15) is 5.10 Å². The minimum absolute atomic E-state index is 0.340. The van der Waals surface area contributed by atoms with Crippen LogP contribution in [0.25, 0.3) is 11.8 Å². The predicted molar refractivity (Wildman–Crippen MR) is 69.7 cm³/mol. The summed E-state index contributed by atoms with van der Waals surface area (Å²) >= 11 is 0. The Morgan fingerprint density at radius 3 is 2.79 bits per heavy atom. The Morgan fingerprint density at radius 1 is 1.42 bits per heavy atom. The number of hydrogen-bond acceptors (Lipinski definition) is 2. The molecule has 0 fully saturated rings. The molecule has 0 aliphatic carbocycles. The summed E-state index contributed by atoms with van der Waals surface area (Å²) in [5, 5.41) is 13.0. The number of benzene rings is 1. The molecule has 0 aliphatic heterocycles. The molecule has 0 spiro atoms. The van der Waals surface area contributed by atoms with Crippen molar-refractivity contribution in [1.82, 2.24) is 9.78 Å². The fourth-order valence-corrected chi connectivity index (χ4v) is 1.91. The largest absolute Gasteiger partial charge is 0.478 e. The number of aromatic nitrogens is 2. The molecule has 5 heteroatoms. The van der Waals surface area contributed by atoms with E-state index in [0.717, 1.165) is 17.3 Å². The number of rotatable bonds is 3. The lowest BCUT2D eigenvalue weighted by Gasteiger charge is -2.04. The molecule has 0 saturated carbocycles. The van der Waals surface area contributed by atoms with Gasteiger partial charge in [0.1, 0.15) is 5.82 Å². The van der Waals surface area contributed by atoms with Gasteiger partial charge in [-0.3, -0.25) is 0 Å². The van der Waals surface area contributed by atoms with Crippen LogP contribution < -0.4 is 0 Å². The van der Waals surface area contributed by atoms with Crippen LogP contribution in [-0.2, 0) is 4.79 Å². The normalized spacial score (nSPS) is 11.1. The molecule has 0 radical (unpaired) electrons. The molecule has 0 bridgehead atoms. The van der Waals surface area contributed by atoms with Gasteiger partial charge in [0.25, 0.3) is 0 Å². The van der Waals surface area contributed by atoms with Crippen LogP contribution in [-0.4, -0.2) is 20.9 Å². The van der Waals surface area contributed by atoms with Crippen LogP contribution in [0.3, 0.4) is 0 Å². The van der Waals surface area contributed by atoms with Crippen molar-refractivity contribution in [2.75, 3.05) is 0 Å². The second kappa shape index (κ2) is 5.06. The number of hydrogen-bond donors (Lipinski definition) is 1. The average molecular weight is 260 g/mol. The smallest absolute Gasteiger partial charge is 0.328 e. The van der Waals surface area contributed by atoms with Gasteiger partial charge in [0.15, 0.2) is 0 Å². The maximum atomic E-state index is 13.2. The molecule has 2 aromatic rings. The van der Waals surface area contributed by atoms with Crippen molar-refractivity contribution >= 4 is 12.0 Å². The van der Waals surface area contributed by atoms with E-state index in [-0.39, 0.29) is 5.82 Å². The van der Waals surface area contributed by atoms with E-state index < -0.39 is 5.97 Å². The summed E-state index contributed by atoms with van der Waals surface area (Å²) in [6, 6.07) is 6.09. The van der Waals surface area contributed by atoms with E-state index in [1.165, 1.54) is 18.2 Å². The zero-order valence-electron chi connectivity index (χ0n) is 10.6. The third kappa shape index (κ3) is 2.70. The number of aliphatic carboxylic acids is 1. The molecule has 0 atom stereocenters. The fourth-order valence-electron chi connectivity index (χ4n) is 1.91. The summed E-state index contributed by atoms with van der Waals surface area (Å²) in [5.74, 6) is -1.36. The van der Waals surface area contributed by atoms with Crippen LogP contribution in [0.15, 0.2) is 30.3 Å².